The van der Waals surface area contributed by atoms with E-state index in [1.165, 1.54) is 6.26 Å². The van der Waals surface area contributed by atoms with Crippen molar-refractivity contribution in [1.82, 2.24) is 10.2 Å². The fourth-order valence-electron chi connectivity index (χ4n) is 3.94. The SMILES string of the molecule is C[C@@H](NC(=O)COC(=O)[C@@H]1CS[C@@]2(c3ccccc3)CCC(=O)N12)c1ccco1. The molecule has 7 nitrogen and oxygen atoms in total. The maximum atomic E-state index is 12.7. The molecule has 8 heteroatoms. The lowest BCUT2D eigenvalue weighted by molar-refractivity contribution is -0.156. The van der Waals surface area contributed by atoms with Gasteiger partial charge < -0.3 is 19.4 Å². The van der Waals surface area contributed by atoms with Gasteiger partial charge in [0.05, 0.1) is 12.3 Å². The summed E-state index contributed by atoms with van der Waals surface area (Å²) in [5, 5.41) is 2.72. The van der Waals surface area contributed by atoms with Crippen molar-refractivity contribution in [3.63, 3.8) is 0 Å². The molecule has 2 saturated heterocycles. The third-order valence-electron chi connectivity index (χ3n) is 5.32. The van der Waals surface area contributed by atoms with Gasteiger partial charge in [0.15, 0.2) is 6.61 Å². The lowest BCUT2D eigenvalue weighted by Gasteiger charge is -2.33. The first-order valence-electron chi connectivity index (χ1n) is 9.52. The number of carbonyl (C=O) groups is 3. The first-order valence-corrected chi connectivity index (χ1v) is 10.5. The van der Waals surface area contributed by atoms with Gasteiger partial charge in [-0.3, -0.25) is 9.59 Å². The van der Waals surface area contributed by atoms with E-state index in [1.54, 1.807) is 35.7 Å². The van der Waals surface area contributed by atoms with Crippen LogP contribution in [-0.2, 0) is 24.0 Å². The lowest BCUT2D eigenvalue weighted by atomic mass is 10.0. The van der Waals surface area contributed by atoms with Crippen LogP contribution in [0.5, 0.6) is 0 Å². The van der Waals surface area contributed by atoms with Crippen molar-refractivity contribution in [2.24, 2.45) is 0 Å². The van der Waals surface area contributed by atoms with Crippen LogP contribution in [0.1, 0.15) is 37.1 Å². The molecular weight excluding hydrogens is 392 g/mol. The summed E-state index contributed by atoms with van der Waals surface area (Å²) >= 11 is 1.59. The highest BCUT2D eigenvalue weighted by Gasteiger charge is 2.57. The van der Waals surface area contributed by atoms with Crippen LogP contribution in [0.4, 0.5) is 0 Å². The van der Waals surface area contributed by atoms with Crippen molar-refractivity contribution in [2.45, 2.75) is 36.7 Å². The fourth-order valence-corrected chi connectivity index (χ4v) is 5.58. The molecule has 0 saturated carbocycles. The van der Waals surface area contributed by atoms with Crippen LogP contribution in [0, 0.1) is 0 Å². The zero-order valence-corrected chi connectivity index (χ0v) is 16.8. The lowest BCUT2D eigenvalue weighted by Crippen LogP contribution is -2.47. The number of esters is 1. The Morgan fingerprint density at radius 3 is 2.83 bits per heavy atom. The molecule has 0 bridgehead atoms. The molecule has 3 heterocycles. The average molecular weight is 414 g/mol. The Morgan fingerprint density at radius 1 is 1.31 bits per heavy atom. The van der Waals surface area contributed by atoms with Crippen LogP contribution in [0.3, 0.4) is 0 Å². The number of amides is 2. The number of carbonyl (C=O) groups excluding carboxylic acids is 3. The van der Waals surface area contributed by atoms with E-state index in [1.807, 2.05) is 30.3 Å². The van der Waals surface area contributed by atoms with Gasteiger partial charge >= 0.3 is 5.97 Å². The van der Waals surface area contributed by atoms with Gasteiger partial charge in [-0.05, 0) is 31.0 Å². The Labute approximate surface area is 172 Å². The largest absolute Gasteiger partial charge is 0.467 e. The molecule has 29 heavy (non-hydrogen) atoms. The molecule has 0 aliphatic carbocycles. The second-order valence-corrected chi connectivity index (χ2v) is 8.45. The van der Waals surface area contributed by atoms with Crippen molar-refractivity contribution >= 4 is 29.5 Å². The van der Waals surface area contributed by atoms with Crippen molar-refractivity contribution in [3.05, 3.63) is 60.1 Å². The van der Waals surface area contributed by atoms with Gasteiger partial charge in [0.2, 0.25) is 5.91 Å². The molecular formula is C21H22N2O5S. The van der Waals surface area contributed by atoms with Gasteiger partial charge in [0.1, 0.15) is 16.7 Å². The minimum Gasteiger partial charge on any atom is -0.467 e. The number of fused-ring (bicyclic) bond motifs is 1. The van der Waals surface area contributed by atoms with Gasteiger partial charge in [-0.25, -0.2) is 4.79 Å². The predicted molar refractivity (Wildman–Crippen MR) is 107 cm³/mol. The van der Waals surface area contributed by atoms with Crippen molar-refractivity contribution in [2.75, 3.05) is 12.4 Å². The van der Waals surface area contributed by atoms with Gasteiger partial charge in [-0.15, -0.1) is 11.8 Å². The summed E-state index contributed by atoms with van der Waals surface area (Å²) in [7, 11) is 0. The number of ether oxygens (including phenoxy) is 1. The summed E-state index contributed by atoms with van der Waals surface area (Å²) < 4.78 is 10.5. The Hall–Kier alpha value is -2.74. The van der Waals surface area contributed by atoms with Gasteiger partial charge in [-0.2, -0.15) is 0 Å². The summed E-state index contributed by atoms with van der Waals surface area (Å²) in [5.74, 6) is 0.0364. The highest BCUT2D eigenvalue weighted by atomic mass is 32.2. The Balaban J connectivity index is 1.39. The molecule has 152 valence electrons. The smallest absolute Gasteiger partial charge is 0.330 e. The molecule has 1 aromatic carbocycles. The number of hydrogen-bond donors (Lipinski definition) is 1. The second kappa shape index (κ2) is 7.94. The quantitative estimate of drug-likeness (QED) is 0.731. The van der Waals surface area contributed by atoms with Crippen LogP contribution in [0.25, 0.3) is 0 Å². The molecule has 2 amide bonds. The van der Waals surface area contributed by atoms with Crippen LogP contribution in [-0.4, -0.2) is 41.1 Å². The third-order valence-corrected chi connectivity index (χ3v) is 6.91. The number of furan rings is 1. The van der Waals surface area contributed by atoms with E-state index in [0.717, 1.165) is 5.56 Å². The molecule has 2 aromatic rings. The molecule has 2 aliphatic rings. The van der Waals surface area contributed by atoms with Crippen LogP contribution in [0.2, 0.25) is 0 Å². The molecule has 0 spiro atoms. The minimum atomic E-state index is -0.689. The standard InChI is InChI=1S/C21H22N2O5S/c1-14(17-8-5-11-27-17)22-18(24)12-28-20(26)16-13-29-21(10-9-19(25)23(16)21)15-6-3-2-4-7-15/h2-8,11,14,16H,9-10,12-13H2,1H3,(H,22,24)/t14-,16+,21-/m1/s1. The van der Waals surface area contributed by atoms with E-state index in [2.05, 4.69) is 5.32 Å². The zero-order valence-electron chi connectivity index (χ0n) is 16.0. The molecule has 1 aromatic heterocycles. The maximum Gasteiger partial charge on any atom is 0.330 e. The van der Waals surface area contributed by atoms with E-state index >= 15 is 0 Å². The van der Waals surface area contributed by atoms with Crippen molar-refractivity contribution in [3.8, 4) is 0 Å². The van der Waals surface area contributed by atoms with Crippen LogP contribution in [0.15, 0.2) is 53.1 Å². The van der Waals surface area contributed by atoms with Crippen LogP contribution >= 0.6 is 11.8 Å². The molecule has 3 atom stereocenters. The topological polar surface area (TPSA) is 88.8 Å². The molecule has 1 N–H and O–H groups in total. The van der Waals surface area contributed by atoms with E-state index < -0.39 is 29.4 Å². The maximum absolute atomic E-state index is 12.7. The predicted octanol–water partition coefficient (Wildman–Crippen LogP) is 2.59. The van der Waals surface area contributed by atoms with E-state index in [0.29, 0.717) is 24.4 Å². The van der Waals surface area contributed by atoms with E-state index in [-0.39, 0.29) is 11.9 Å². The highest BCUT2D eigenvalue weighted by Crippen LogP contribution is 2.54. The normalized spacial score (nSPS) is 24.2. The first-order chi connectivity index (χ1) is 14.0. The second-order valence-electron chi connectivity index (χ2n) is 7.15. The van der Waals surface area contributed by atoms with Crippen molar-refractivity contribution in [1.29, 1.82) is 0 Å². The number of rotatable bonds is 6. The average Bonchev–Trinajstić information content (AvgIpc) is 3.45. The summed E-state index contributed by atoms with van der Waals surface area (Å²) in [6, 6.07) is 12.2. The molecule has 2 aliphatic heterocycles. The molecule has 0 unspecified atom stereocenters. The summed E-state index contributed by atoms with van der Waals surface area (Å²) in [6.07, 6.45) is 2.58. The Kier molecular flexibility index (Phi) is 5.36. The Morgan fingerprint density at radius 2 is 2.10 bits per heavy atom. The number of nitrogens with one attached hydrogen (secondary N) is 1. The number of benzene rings is 1. The van der Waals surface area contributed by atoms with Gasteiger partial charge in [-0.1, -0.05) is 30.3 Å². The number of thioether (sulfide) groups is 1. The molecule has 2 fully saturated rings. The fraction of sp³-hybridized carbons (Fsp3) is 0.381. The summed E-state index contributed by atoms with van der Waals surface area (Å²) in [5.41, 5.74) is 1.01. The van der Waals surface area contributed by atoms with Crippen molar-refractivity contribution < 1.29 is 23.5 Å². The van der Waals surface area contributed by atoms with E-state index in [9.17, 15) is 14.4 Å². The summed E-state index contributed by atoms with van der Waals surface area (Å²) in [6.45, 7) is 1.38. The number of nitrogens with zero attached hydrogens (tertiary/aromatic N) is 1. The van der Waals surface area contributed by atoms with Gasteiger partial charge in [0.25, 0.3) is 5.91 Å². The minimum absolute atomic E-state index is 0.0586. The Bertz CT molecular complexity index is 901. The summed E-state index contributed by atoms with van der Waals surface area (Å²) in [4.78, 5) is 38.5. The monoisotopic (exact) mass is 414 g/mol. The first kappa shape index (κ1) is 19.6. The molecule has 0 radical (unpaired) electrons. The van der Waals surface area contributed by atoms with Gasteiger partial charge in [0, 0.05) is 12.2 Å². The number of hydrogen-bond acceptors (Lipinski definition) is 6. The van der Waals surface area contributed by atoms with E-state index in [4.69, 9.17) is 9.15 Å². The van der Waals surface area contributed by atoms with Crippen LogP contribution < -0.4 is 5.32 Å². The zero-order chi connectivity index (χ0) is 20.4. The third kappa shape index (κ3) is 3.64. The molecule has 4 rings (SSSR count). The highest BCUT2D eigenvalue weighted by molar-refractivity contribution is 8.00.